The van der Waals surface area contributed by atoms with Crippen LogP contribution in [0.1, 0.15) is 12.5 Å². The summed E-state index contributed by atoms with van der Waals surface area (Å²) in [5.74, 6) is -0.211. The normalized spacial score (nSPS) is 15.2. The topological polar surface area (TPSA) is 76.1 Å². The predicted octanol–water partition coefficient (Wildman–Crippen LogP) is 3.95. The van der Waals surface area contributed by atoms with Gasteiger partial charge in [0.05, 0.1) is 17.2 Å². The molecule has 1 N–H and O–H groups in total. The third-order valence-corrected chi connectivity index (χ3v) is 5.06. The van der Waals surface area contributed by atoms with Crippen molar-refractivity contribution < 1.29 is 24.2 Å². The molecule has 8 heteroatoms. The number of aliphatic carboxylic acids is 1. The fraction of sp³-hybridized carbons (Fsp3) is 0.150. The van der Waals surface area contributed by atoms with Gasteiger partial charge in [-0.15, -0.1) is 0 Å². The summed E-state index contributed by atoms with van der Waals surface area (Å²) >= 11 is 6.57. The lowest BCUT2D eigenvalue weighted by atomic mass is 10.2. The Hall–Kier alpha value is -2.84. The number of amides is 1. The van der Waals surface area contributed by atoms with Crippen molar-refractivity contribution in [3.63, 3.8) is 0 Å². The minimum atomic E-state index is -1.07. The van der Waals surface area contributed by atoms with E-state index in [-0.39, 0.29) is 5.91 Å². The summed E-state index contributed by atoms with van der Waals surface area (Å²) in [6, 6.07) is 14.1. The number of carbonyl (C=O) groups excluding carboxylic acids is 1. The van der Waals surface area contributed by atoms with Crippen molar-refractivity contribution in [3.8, 4) is 11.5 Å². The van der Waals surface area contributed by atoms with E-state index < -0.39 is 12.6 Å². The lowest BCUT2D eigenvalue weighted by Crippen LogP contribution is -2.27. The van der Waals surface area contributed by atoms with Gasteiger partial charge in [-0.25, -0.2) is 4.79 Å². The molecule has 2 aromatic carbocycles. The lowest BCUT2D eigenvalue weighted by molar-refractivity contribution is -0.139. The maximum absolute atomic E-state index is 12.9. The fourth-order valence-electron chi connectivity index (χ4n) is 2.56. The molecule has 0 bridgehead atoms. The Balaban J connectivity index is 1.84. The number of hydrogen-bond acceptors (Lipinski definition) is 6. The van der Waals surface area contributed by atoms with E-state index >= 15 is 0 Å². The second-order valence-electron chi connectivity index (χ2n) is 5.66. The number of thioether (sulfide) groups is 1. The maximum Gasteiger partial charge on any atom is 0.341 e. The van der Waals surface area contributed by atoms with Crippen molar-refractivity contribution >= 4 is 51.9 Å². The minimum Gasteiger partial charge on any atom is -0.494 e. The molecule has 0 saturated carbocycles. The van der Waals surface area contributed by atoms with Gasteiger partial charge in [0.1, 0.15) is 11.5 Å². The molecule has 0 unspecified atom stereocenters. The highest BCUT2D eigenvalue weighted by Gasteiger charge is 2.33. The average molecular weight is 415 g/mol. The highest BCUT2D eigenvalue weighted by molar-refractivity contribution is 8.27. The first-order valence-corrected chi connectivity index (χ1v) is 9.66. The van der Waals surface area contributed by atoms with Crippen LogP contribution in [0, 0.1) is 0 Å². The summed E-state index contributed by atoms with van der Waals surface area (Å²) < 4.78 is 11.1. The first kappa shape index (κ1) is 19.9. The standard InChI is InChI=1S/C20H17NO5S2/c1-2-25-15-9-7-14(8-10-15)21-19(24)17(28-20(21)27)11-13-5-3-4-6-16(13)26-12-18(22)23/h3-11H,2,12H2,1H3,(H,22,23)/b17-11-. The van der Waals surface area contributed by atoms with Crippen LogP contribution in [0.4, 0.5) is 5.69 Å². The van der Waals surface area contributed by atoms with Gasteiger partial charge in [0, 0.05) is 5.56 Å². The average Bonchev–Trinajstić information content (AvgIpc) is 2.95. The zero-order valence-electron chi connectivity index (χ0n) is 15.0. The van der Waals surface area contributed by atoms with E-state index in [1.165, 1.54) is 16.7 Å². The Labute approximate surface area is 171 Å². The van der Waals surface area contributed by atoms with Gasteiger partial charge in [-0.2, -0.15) is 0 Å². The van der Waals surface area contributed by atoms with Gasteiger partial charge in [-0.1, -0.05) is 42.2 Å². The molecule has 28 heavy (non-hydrogen) atoms. The summed E-state index contributed by atoms with van der Waals surface area (Å²) in [5, 5.41) is 8.81. The Morgan fingerprint density at radius 3 is 2.57 bits per heavy atom. The molecular formula is C20H17NO5S2. The Morgan fingerprint density at radius 1 is 1.18 bits per heavy atom. The second kappa shape index (κ2) is 8.90. The van der Waals surface area contributed by atoms with Gasteiger partial charge >= 0.3 is 5.97 Å². The van der Waals surface area contributed by atoms with Crippen LogP contribution < -0.4 is 14.4 Å². The van der Waals surface area contributed by atoms with Crippen molar-refractivity contribution in [3.05, 3.63) is 59.0 Å². The molecule has 144 valence electrons. The zero-order chi connectivity index (χ0) is 20.1. The van der Waals surface area contributed by atoms with Gasteiger partial charge in [-0.05, 0) is 43.3 Å². The minimum absolute atomic E-state index is 0.243. The quantitative estimate of drug-likeness (QED) is 0.542. The van der Waals surface area contributed by atoms with Crippen LogP contribution in [0.25, 0.3) is 6.08 Å². The number of thiocarbonyl (C=S) groups is 1. The Kier molecular flexibility index (Phi) is 6.33. The first-order chi connectivity index (χ1) is 13.5. The number of hydrogen-bond donors (Lipinski definition) is 1. The summed E-state index contributed by atoms with van der Waals surface area (Å²) in [4.78, 5) is 25.5. The van der Waals surface area contributed by atoms with E-state index in [4.69, 9.17) is 26.8 Å². The monoisotopic (exact) mass is 415 g/mol. The van der Waals surface area contributed by atoms with Crippen LogP contribution in [0.5, 0.6) is 11.5 Å². The second-order valence-corrected chi connectivity index (χ2v) is 7.34. The number of ether oxygens (including phenoxy) is 2. The SMILES string of the molecule is CCOc1ccc(N2C(=O)/C(=C/c3ccccc3OCC(=O)O)SC2=S)cc1. The largest absolute Gasteiger partial charge is 0.494 e. The Bertz CT molecular complexity index is 940. The molecule has 2 aromatic rings. The van der Waals surface area contributed by atoms with E-state index in [2.05, 4.69) is 0 Å². The molecule has 0 aliphatic carbocycles. The lowest BCUT2D eigenvalue weighted by Gasteiger charge is -2.15. The third kappa shape index (κ3) is 4.52. The third-order valence-electron chi connectivity index (χ3n) is 3.76. The molecule has 0 atom stereocenters. The number of para-hydroxylation sites is 1. The van der Waals surface area contributed by atoms with Crippen LogP contribution in [-0.4, -0.2) is 34.5 Å². The van der Waals surface area contributed by atoms with Crippen molar-refractivity contribution in [2.45, 2.75) is 6.92 Å². The van der Waals surface area contributed by atoms with Crippen molar-refractivity contribution in [1.82, 2.24) is 0 Å². The molecule has 0 spiro atoms. The van der Waals surface area contributed by atoms with Crippen molar-refractivity contribution in [1.29, 1.82) is 0 Å². The summed E-state index contributed by atoms with van der Waals surface area (Å²) in [7, 11) is 0. The van der Waals surface area contributed by atoms with E-state index in [0.717, 1.165) is 5.75 Å². The number of nitrogens with zero attached hydrogens (tertiary/aromatic N) is 1. The molecule has 1 saturated heterocycles. The van der Waals surface area contributed by atoms with Gasteiger partial charge in [0.2, 0.25) is 0 Å². The summed E-state index contributed by atoms with van der Waals surface area (Å²) in [6.45, 7) is 2.00. The van der Waals surface area contributed by atoms with E-state index in [9.17, 15) is 9.59 Å². The van der Waals surface area contributed by atoms with Crippen LogP contribution in [0.15, 0.2) is 53.4 Å². The van der Waals surface area contributed by atoms with Crippen molar-refractivity contribution in [2.75, 3.05) is 18.1 Å². The Morgan fingerprint density at radius 2 is 1.89 bits per heavy atom. The highest BCUT2D eigenvalue weighted by atomic mass is 32.2. The number of anilines is 1. The van der Waals surface area contributed by atoms with E-state index in [1.54, 1.807) is 54.6 Å². The number of carboxylic acid groups (broad SMARTS) is 1. The molecule has 1 aliphatic rings. The molecule has 0 radical (unpaired) electrons. The maximum atomic E-state index is 12.9. The van der Waals surface area contributed by atoms with Gasteiger partial charge < -0.3 is 14.6 Å². The van der Waals surface area contributed by atoms with Crippen LogP contribution in [0.3, 0.4) is 0 Å². The fourth-order valence-corrected chi connectivity index (χ4v) is 3.85. The molecule has 6 nitrogen and oxygen atoms in total. The first-order valence-electron chi connectivity index (χ1n) is 8.44. The number of carboxylic acids is 1. The number of rotatable bonds is 7. The smallest absolute Gasteiger partial charge is 0.341 e. The van der Waals surface area contributed by atoms with Gasteiger partial charge in [-0.3, -0.25) is 9.69 Å². The molecular weight excluding hydrogens is 398 g/mol. The van der Waals surface area contributed by atoms with Crippen LogP contribution >= 0.6 is 24.0 Å². The molecule has 1 amide bonds. The van der Waals surface area contributed by atoms with E-state index in [1.807, 2.05) is 6.92 Å². The summed E-state index contributed by atoms with van der Waals surface area (Å²) in [5.41, 5.74) is 1.26. The molecule has 1 heterocycles. The number of carbonyl (C=O) groups is 2. The zero-order valence-corrected chi connectivity index (χ0v) is 16.6. The van der Waals surface area contributed by atoms with Gasteiger partial charge in [0.25, 0.3) is 5.91 Å². The highest BCUT2D eigenvalue weighted by Crippen LogP contribution is 2.37. The van der Waals surface area contributed by atoms with Crippen LogP contribution in [-0.2, 0) is 9.59 Å². The van der Waals surface area contributed by atoms with Gasteiger partial charge in [0.15, 0.2) is 10.9 Å². The van der Waals surface area contributed by atoms with Crippen molar-refractivity contribution in [2.24, 2.45) is 0 Å². The number of benzene rings is 2. The predicted molar refractivity (Wildman–Crippen MR) is 113 cm³/mol. The van der Waals surface area contributed by atoms with E-state index in [0.29, 0.717) is 32.8 Å². The summed E-state index contributed by atoms with van der Waals surface area (Å²) in [6.07, 6.45) is 1.66. The molecule has 0 aromatic heterocycles. The molecule has 1 fully saturated rings. The molecule has 1 aliphatic heterocycles. The molecule has 3 rings (SSSR count). The van der Waals surface area contributed by atoms with Crippen LogP contribution in [0.2, 0.25) is 0 Å².